The van der Waals surface area contributed by atoms with E-state index in [-0.39, 0.29) is 12.2 Å². The maximum absolute atomic E-state index is 14.3. The van der Waals surface area contributed by atoms with Crippen LogP contribution in [0, 0.1) is 5.41 Å². The highest BCUT2D eigenvalue weighted by molar-refractivity contribution is 5.85. The van der Waals surface area contributed by atoms with Crippen molar-refractivity contribution in [3.05, 3.63) is 29.8 Å². The van der Waals surface area contributed by atoms with E-state index >= 15 is 0 Å². The van der Waals surface area contributed by atoms with E-state index in [1.165, 1.54) is 31.4 Å². The fourth-order valence-electron chi connectivity index (χ4n) is 2.85. The molecule has 1 saturated carbocycles. The lowest BCUT2D eigenvalue weighted by molar-refractivity contribution is -0.148. The number of halogens is 2. The van der Waals surface area contributed by atoms with Gasteiger partial charge in [0.2, 0.25) is 0 Å². The number of aliphatic hydroxyl groups excluding tert-OH is 1. The second-order valence-electron chi connectivity index (χ2n) is 6.03. The van der Waals surface area contributed by atoms with Gasteiger partial charge in [0.05, 0.1) is 13.7 Å². The summed E-state index contributed by atoms with van der Waals surface area (Å²) in [6.07, 6.45) is 2.11. The normalized spacial score (nSPS) is 25.0. The van der Waals surface area contributed by atoms with Gasteiger partial charge in [0.25, 0.3) is 5.91 Å². The van der Waals surface area contributed by atoms with Crippen LogP contribution in [-0.2, 0) is 10.7 Å². The highest BCUT2D eigenvalue weighted by Gasteiger charge is 2.46. The van der Waals surface area contributed by atoms with Crippen LogP contribution >= 0.6 is 0 Å². The van der Waals surface area contributed by atoms with E-state index in [2.05, 4.69) is 5.32 Å². The van der Waals surface area contributed by atoms with Gasteiger partial charge in [-0.05, 0) is 37.1 Å². The number of nitrogens with one attached hydrogen (secondary N) is 1. The Kier molecular flexibility index (Phi) is 4.70. The standard InChI is InChI=1S/C16H21F2NO3/c1-15(10-20)9-3-4-13(15)19-14(21)16(17,18)11-5-7-12(22-2)8-6-11/h5-8,13,20H,3-4,9-10H2,1-2H3,(H,19,21). The molecule has 0 radical (unpaired) electrons. The van der Waals surface area contributed by atoms with Crippen LogP contribution in [0.15, 0.2) is 24.3 Å². The second kappa shape index (κ2) is 6.20. The Labute approximate surface area is 128 Å². The summed E-state index contributed by atoms with van der Waals surface area (Å²) in [7, 11) is 1.44. The smallest absolute Gasteiger partial charge is 0.349 e. The van der Waals surface area contributed by atoms with Crippen molar-refractivity contribution in [2.45, 2.75) is 38.2 Å². The molecular formula is C16H21F2NO3. The van der Waals surface area contributed by atoms with Crippen molar-refractivity contribution in [1.29, 1.82) is 0 Å². The predicted molar refractivity (Wildman–Crippen MR) is 77.9 cm³/mol. The molecule has 1 fully saturated rings. The first-order chi connectivity index (χ1) is 10.3. The number of carbonyl (C=O) groups excluding carboxylic acids is 1. The maximum atomic E-state index is 14.3. The monoisotopic (exact) mass is 313 g/mol. The Morgan fingerprint density at radius 3 is 2.64 bits per heavy atom. The molecule has 1 aliphatic rings. The molecule has 6 heteroatoms. The summed E-state index contributed by atoms with van der Waals surface area (Å²) in [5.41, 5.74) is -0.916. The van der Waals surface area contributed by atoms with Crippen molar-refractivity contribution in [3.8, 4) is 5.75 Å². The summed E-state index contributed by atoms with van der Waals surface area (Å²) < 4.78 is 33.5. The summed E-state index contributed by atoms with van der Waals surface area (Å²) in [6, 6.07) is 4.71. The molecule has 0 saturated heterocycles. The average Bonchev–Trinajstić information content (AvgIpc) is 2.89. The van der Waals surface area contributed by atoms with Crippen molar-refractivity contribution >= 4 is 5.91 Å². The molecule has 2 N–H and O–H groups in total. The van der Waals surface area contributed by atoms with Gasteiger partial charge in [-0.15, -0.1) is 0 Å². The molecular weight excluding hydrogens is 292 g/mol. The van der Waals surface area contributed by atoms with Crippen molar-refractivity contribution in [1.82, 2.24) is 5.32 Å². The average molecular weight is 313 g/mol. The number of rotatable bonds is 5. The van der Waals surface area contributed by atoms with E-state index in [1.807, 2.05) is 0 Å². The molecule has 0 aliphatic heterocycles. The molecule has 1 aromatic carbocycles. The lowest BCUT2D eigenvalue weighted by Crippen LogP contribution is -2.49. The van der Waals surface area contributed by atoms with E-state index in [9.17, 15) is 18.7 Å². The summed E-state index contributed by atoms with van der Waals surface area (Å²) in [6.45, 7) is 1.67. The van der Waals surface area contributed by atoms with Crippen LogP contribution in [0.1, 0.15) is 31.7 Å². The topological polar surface area (TPSA) is 58.6 Å². The van der Waals surface area contributed by atoms with Crippen molar-refractivity contribution in [3.63, 3.8) is 0 Å². The zero-order chi connectivity index (χ0) is 16.4. The van der Waals surface area contributed by atoms with Crippen LogP contribution in [0.2, 0.25) is 0 Å². The fourth-order valence-corrected chi connectivity index (χ4v) is 2.85. The molecule has 1 amide bonds. The zero-order valence-electron chi connectivity index (χ0n) is 12.7. The predicted octanol–water partition coefficient (Wildman–Crippen LogP) is 2.45. The summed E-state index contributed by atoms with van der Waals surface area (Å²) in [5.74, 6) is -4.50. The minimum atomic E-state index is -3.62. The number of hydrogen-bond donors (Lipinski definition) is 2. The highest BCUT2D eigenvalue weighted by atomic mass is 19.3. The molecule has 1 aromatic rings. The highest BCUT2D eigenvalue weighted by Crippen LogP contribution is 2.38. The molecule has 122 valence electrons. The van der Waals surface area contributed by atoms with Crippen LogP contribution in [0.25, 0.3) is 0 Å². The zero-order valence-corrected chi connectivity index (χ0v) is 12.7. The van der Waals surface area contributed by atoms with Gasteiger partial charge in [0.15, 0.2) is 0 Å². The molecule has 22 heavy (non-hydrogen) atoms. The maximum Gasteiger partial charge on any atom is 0.349 e. The van der Waals surface area contributed by atoms with Crippen LogP contribution < -0.4 is 10.1 Å². The fraction of sp³-hybridized carbons (Fsp3) is 0.562. The van der Waals surface area contributed by atoms with E-state index < -0.39 is 23.3 Å². The lowest BCUT2D eigenvalue weighted by atomic mass is 9.85. The van der Waals surface area contributed by atoms with Gasteiger partial charge in [-0.2, -0.15) is 8.78 Å². The minimum absolute atomic E-state index is 0.133. The van der Waals surface area contributed by atoms with E-state index in [0.717, 1.165) is 6.42 Å². The SMILES string of the molecule is COc1ccc(C(F)(F)C(=O)NC2CCCC2(C)CO)cc1. The molecule has 0 aromatic heterocycles. The Bertz CT molecular complexity index is 533. The Morgan fingerprint density at radius 1 is 1.45 bits per heavy atom. The Hall–Kier alpha value is -1.69. The number of hydrogen-bond acceptors (Lipinski definition) is 3. The van der Waals surface area contributed by atoms with Crippen LogP contribution in [-0.4, -0.2) is 30.8 Å². The molecule has 2 unspecified atom stereocenters. The van der Waals surface area contributed by atoms with E-state index in [1.54, 1.807) is 6.92 Å². The van der Waals surface area contributed by atoms with Gasteiger partial charge < -0.3 is 15.2 Å². The number of amides is 1. The molecule has 2 rings (SSSR count). The second-order valence-corrected chi connectivity index (χ2v) is 6.03. The summed E-state index contributed by atoms with van der Waals surface area (Å²) in [4.78, 5) is 12.0. The van der Waals surface area contributed by atoms with Gasteiger partial charge in [0, 0.05) is 17.0 Å². The van der Waals surface area contributed by atoms with Gasteiger partial charge in [-0.1, -0.05) is 13.3 Å². The van der Waals surface area contributed by atoms with Gasteiger partial charge in [-0.25, -0.2) is 0 Å². The number of benzene rings is 1. The van der Waals surface area contributed by atoms with Crippen LogP contribution in [0.3, 0.4) is 0 Å². The summed E-state index contributed by atoms with van der Waals surface area (Å²) in [5, 5.41) is 11.8. The molecule has 0 heterocycles. The molecule has 0 spiro atoms. The first-order valence-corrected chi connectivity index (χ1v) is 7.27. The first-order valence-electron chi connectivity index (χ1n) is 7.27. The number of methoxy groups -OCH3 is 1. The third-order valence-corrected chi connectivity index (χ3v) is 4.49. The van der Waals surface area contributed by atoms with E-state index in [0.29, 0.717) is 18.6 Å². The third-order valence-electron chi connectivity index (χ3n) is 4.49. The van der Waals surface area contributed by atoms with E-state index in [4.69, 9.17) is 4.74 Å². The summed E-state index contributed by atoms with van der Waals surface area (Å²) >= 11 is 0. The van der Waals surface area contributed by atoms with Gasteiger partial charge in [0.1, 0.15) is 5.75 Å². The first kappa shape index (κ1) is 16.7. The molecule has 4 nitrogen and oxygen atoms in total. The number of ether oxygens (including phenoxy) is 1. The molecule has 1 aliphatic carbocycles. The third kappa shape index (κ3) is 3.06. The number of aliphatic hydroxyl groups is 1. The van der Waals surface area contributed by atoms with Gasteiger partial charge in [-0.3, -0.25) is 4.79 Å². The van der Waals surface area contributed by atoms with Gasteiger partial charge >= 0.3 is 5.92 Å². The number of carbonyl (C=O) groups is 1. The van der Waals surface area contributed by atoms with Crippen LogP contribution in [0.5, 0.6) is 5.75 Å². The molecule has 2 atom stereocenters. The minimum Gasteiger partial charge on any atom is -0.497 e. The molecule has 0 bridgehead atoms. The quantitative estimate of drug-likeness (QED) is 0.878. The van der Waals surface area contributed by atoms with Crippen LogP contribution in [0.4, 0.5) is 8.78 Å². The largest absolute Gasteiger partial charge is 0.497 e. The Balaban J connectivity index is 2.13. The Morgan fingerprint density at radius 2 is 2.09 bits per heavy atom. The van der Waals surface area contributed by atoms with Crippen molar-refractivity contribution in [2.24, 2.45) is 5.41 Å². The van der Waals surface area contributed by atoms with Crippen molar-refractivity contribution < 1.29 is 23.4 Å². The lowest BCUT2D eigenvalue weighted by Gasteiger charge is -2.31. The number of alkyl halides is 2. The van der Waals surface area contributed by atoms with Crippen molar-refractivity contribution in [2.75, 3.05) is 13.7 Å².